The van der Waals surface area contributed by atoms with Crippen LogP contribution in [0.4, 0.5) is 14.5 Å². The third-order valence-electron chi connectivity index (χ3n) is 3.13. The molecule has 0 saturated carbocycles. The molecule has 1 amide bonds. The maximum Gasteiger partial charge on any atom is 0.288 e. The zero-order valence-corrected chi connectivity index (χ0v) is 14.5. The molecule has 0 unspecified atom stereocenters. The average Bonchev–Trinajstić information content (AvgIpc) is 2.59. The van der Waals surface area contributed by atoms with Gasteiger partial charge in [-0.2, -0.15) is 8.78 Å². The quantitative estimate of drug-likeness (QED) is 0.572. The smallest absolute Gasteiger partial charge is 0.288 e. The Hall–Kier alpha value is -2.54. The molecule has 4 nitrogen and oxygen atoms in total. The van der Waals surface area contributed by atoms with E-state index in [2.05, 4.69) is 5.32 Å². The Morgan fingerprint density at radius 2 is 1.80 bits per heavy atom. The molecule has 0 aromatic heterocycles. The normalized spacial score (nSPS) is 10.9. The van der Waals surface area contributed by atoms with Gasteiger partial charge in [0.1, 0.15) is 11.5 Å². The number of rotatable bonds is 7. The first-order valence-electron chi connectivity index (χ1n) is 7.27. The predicted octanol–water partition coefficient (Wildman–Crippen LogP) is 4.67. The van der Waals surface area contributed by atoms with Gasteiger partial charge in [-0.15, -0.1) is 0 Å². The van der Waals surface area contributed by atoms with Crippen molar-refractivity contribution in [1.29, 1.82) is 0 Å². The summed E-state index contributed by atoms with van der Waals surface area (Å²) in [5.41, 5.74) is 1.18. The van der Waals surface area contributed by atoms with E-state index in [0.29, 0.717) is 33.8 Å². The van der Waals surface area contributed by atoms with Gasteiger partial charge in [0, 0.05) is 22.7 Å². The Labute approximate surface area is 148 Å². The predicted molar refractivity (Wildman–Crippen MR) is 95.5 cm³/mol. The van der Waals surface area contributed by atoms with Gasteiger partial charge in [-0.1, -0.05) is 17.8 Å². The highest BCUT2D eigenvalue weighted by molar-refractivity contribution is 7.99. The molecule has 0 heterocycles. The molecule has 0 bridgehead atoms. The van der Waals surface area contributed by atoms with E-state index < -0.39 is 5.76 Å². The molecule has 0 atom stereocenters. The lowest BCUT2D eigenvalue weighted by molar-refractivity contribution is -0.111. The van der Waals surface area contributed by atoms with Crippen LogP contribution in [0.15, 0.2) is 53.4 Å². The topological polar surface area (TPSA) is 47.6 Å². The van der Waals surface area contributed by atoms with Crippen LogP contribution in [0.3, 0.4) is 0 Å². The second-order valence-electron chi connectivity index (χ2n) is 4.87. The standard InChI is InChI=1S/C18H17F2NO3S/c1-23-14-8-12(9-15(11-14)24-2)6-7-17(22)21-13-4-3-5-16(10-13)25-18(19)20/h3-11,18H,1-2H3,(H,21,22)/b7-6+. The minimum Gasteiger partial charge on any atom is -0.497 e. The van der Waals surface area contributed by atoms with Gasteiger partial charge in [-0.25, -0.2) is 0 Å². The largest absolute Gasteiger partial charge is 0.497 e. The van der Waals surface area contributed by atoms with Crippen LogP contribution < -0.4 is 14.8 Å². The van der Waals surface area contributed by atoms with Crippen molar-refractivity contribution < 1.29 is 23.0 Å². The zero-order chi connectivity index (χ0) is 18.2. The molecule has 0 fully saturated rings. The summed E-state index contributed by atoms with van der Waals surface area (Å²) in [7, 11) is 3.08. The van der Waals surface area contributed by atoms with Crippen molar-refractivity contribution >= 4 is 29.4 Å². The number of halogens is 2. The van der Waals surface area contributed by atoms with E-state index in [-0.39, 0.29) is 5.91 Å². The second kappa shape index (κ2) is 9.08. The van der Waals surface area contributed by atoms with E-state index in [1.165, 1.54) is 12.1 Å². The van der Waals surface area contributed by atoms with Crippen LogP contribution in [0.5, 0.6) is 11.5 Å². The molecule has 0 saturated heterocycles. The second-order valence-corrected chi connectivity index (χ2v) is 5.94. The lowest BCUT2D eigenvalue weighted by atomic mass is 10.2. The number of hydrogen-bond donors (Lipinski definition) is 1. The number of amides is 1. The van der Waals surface area contributed by atoms with Gasteiger partial charge in [-0.3, -0.25) is 4.79 Å². The molecule has 0 aliphatic heterocycles. The van der Waals surface area contributed by atoms with Crippen molar-refractivity contribution in [2.24, 2.45) is 0 Å². The van der Waals surface area contributed by atoms with Crippen molar-refractivity contribution in [2.75, 3.05) is 19.5 Å². The number of carbonyl (C=O) groups is 1. The van der Waals surface area contributed by atoms with Crippen LogP contribution in [0, 0.1) is 0 Å². The lowest BCUT2D eigenvalue weighted by Crippen LogP contribution is -2.07. The molecule has 0 radical (unpaired) electrons. The summed E-state index contributed by atoms with van der Waals surface area (Å²) in [5, 5.41) is 2.64. The first kappa shape index (κ1) is 18.8. The van der Waals surface area contributed by atoms with Crippen LogP contribution in [0.25, 0.3) is 6.08 Å². The van der Waals surface area contributed by atoms with Crippen molar-refractivity contribution in [3.63, 3.8) is 0 Å². The number of hydrogen-bond acceptors (Lipinski definition) is 4. The number of thioether (sulfide) groups is 1. The lowest BCUT2D eigenvalue weighted by Gasteiger charge is -2.06. The number of benzene rings is 2. The highest BCUT2D eigenvalue weighted by atomic mass is 32.2. The van der Waals surface area contributed by atoms with Gasteiger partial charge in [0.05, 0.1) is 14.2 Å². The van der Waals surface area contributed by atoms with Crippen molar-refractivity contribution in [3.05, 3.63) is 54.1 Å². The Balaban J connectivity index is 2.06. The highest BCUT2D eigenvalue weighted by Gasteiger charge is 2.06. The molecule has 25 heavy (non-hydrogen) atoms. The number of methoxy groups -OCH3 is 2. The summed E-state index contributed by atoms with van der Waals surface area (Å²) in [6, 6.07) is 11.5. The Morgan fingerprint density at radius 1 is 1.12 bits per heavy atom. The van der Waals surface area contributed by atoms with Crippen LogP contribution in [-0.4, -0.2) is 25.9 Å². The summed E-state index contributed by atoms with van der Waals surface area (Å²) in [5.74, 6) is -1.66. The minimum absolute atomic E-state index is 0.374. The summed E-state index contributed by atoms with van der Waals surface area (Å²) in [6.45, 7) is 0. The monoisotopic (exact) mass is 365 g/mol. The summed E-state index contributed by atoms with van der Waals surface area (Å²) in [4.78, 5) is 12.4. The van der Waals surface area contributed by atoms with Crippen LogP contribution in [-0.2, 0) is 4.79 Å². The summed E-state index contributed by atoms with van der Waals surface area (Å²) >= 11 is 0.428. The van der Waals surface area contributed by atoms with E-state index in [1.54, 1.807) is 56.7 Å². The van der Waals surface area contributed by atoms with Gasteiger partial charge in [0.25, 0.3) is 5.76 Å². The van der Waals surface area contributed by atoms with Gasteiger partial charge in [0.15, 0.2) is 0 Å². The first-order chi connectivity index (χ1) is 12.0. The maximum atomic E-state index is 12.4. The highest BCUT2D eigenvalue weighted by Crippen LogP contribution is 2.27. The minimum atomic E-state index is -2.51. The number of nitrogens with one attached hydrogen (secondary N) is 1. The number of anilines is 1. The SMILES string of the molecule is COc1cc(/C=C/C(=O)Nc2cccc(SC(F)F)c2)cc(OC)c1. The van der Waals surface area contributed by atoms with Crippen molar-refractivity contribution in [1.82, 2.24) is 0 Å². The fraction of sp³-hybridized carbons (Fsp3) is 0.167. The Kier molecular flexibility index (Phi) is 6.82. The van der Waals surface area contributed by atoms with Gasteiger partial charge in [0.2, 0.25) is 5.91 Å². The van der Waals surface area contributed by atoms with Crippen LogP contribution in [0.2, 0.25) is 0 Å². The maximum absolute atomic E-state index is 12.4. The van der Waals surface area contributed by atoms with E-state index in [4.69, 9.17) is 9.47 Å². The van der Waals surface area contributed by atoms with E-state index in [0.717, 1.165) is 5.56 Å². The molecular formula is C18H17F2NO3S. The third-order valence-corrected chi connectivity index (χ3v) is 3.83. The van der Waals surface area contributed by atoms with Crippen LogP contribution >= 0.6 is 11.8 Å². The third kappa shape index (κ3) is 6.11. The fourth-order valence-corrected chi connectivity index (χ4v) is 2.59. The van der Waals surface area contributed by atoms with Gasteiger partial charge >= 0.3 is 0 Å². The van der Waals surface area contributed by atoms with E-state index >= 15 is 0 Å². The first-order valence-corrected chi connectivity index (χ1v) is 8.15. The molecule has 1 N–H and O–H groups in total. The molecule has 2 aromatic carbocycles. The van der Waals surface area contributed by atoms with E-state index in [1.807, 2.05) is 0 Å². The molecule has 0 aliphatic carbocycles. The molecular weight excluding hydrogens is 348 g/mol. The molecule has 132 valence electrons. The zero-order valence-electron chi connectivity index (χ0n) is 13.7. The fourth-order valence-electron chi connectivity index (χ4n) is 2.03. The Morgan fingerprint density at radius 3 is 2.40 bits per heavy atom. The van der Waals surface area contributed by atoms with Gasteiger partial charge < -0.3 is 14.8 Å². The van der Waals surface area contributed by atoms with Gasteiger partial charge in [-0.05, 0) is 42.0 Å². The molecule has 2 aromatic rings. The van der Waals surface area contributed by atoms with Crippen molar-refractivity contribution in [2.45, 2.75) is 10.7 Å². The van der Waals surface area contributed by atoms with E-state index in [9.17, 15) is 13.6 Å². The molecule has 2 rings (SSSR count). The number of carbonyl (C=O) groups excluding carboxylic acids is 1. The summed E-state index contributed by atoms with van der Waals surface area (Å²) in [6.07, 6.45) is 2.96. The number of ether oxygens (including phenoxy) is 2. The number of alkyl halides is 2. The Bertz CT molecular complexity index is 743. The molecule has 7 heteroatoms. The van der Waals surface area contributed by atoms with Crippen molar-refractivity contribution in [3.8, 4) is 11.5 Å². The molecule has 0 aliphatic rings. The summed E-state index contributed by atoms with van der Waals surface area (Å²) < 4.78 is 35.1. The van der Waals surface area contributed by atoms with Crippen LogP contribution in [0.1, 0.15) is 5.56 Å². The average molecular weight is 365 g/mol. The molecule has 0 spiro atoms.